The number of likely N-dealkylation sites (tertiary alicyclic amines) is 1. The number of hydrogen-bond donors (Lipinski definition) is 2. The summed E-state index contributed by atoms with van der Waals surface area (Å²) in [7, 11) is 4.97. The Bertz CT molecular complexity index is 1250. The maximum absolute atomic E-state index is 14.7. The third-order valence-electron chi connectivity index (χ3n) is 5.75. The van der Waals surface area contributed by atoms with E-state index in [0.29, 0.717) is 39.6 Å². The van der Waals surface area contributed by atoms with Gasteiger partial charge >= 0.3 is 0 Å². The lowest BCUT2D eigenvalue weighted by atomic mass is 10.1. The third kappa shape index (κ3) is 5.13. The van der Waals surface area contributed by atoms with Crippen molar-refractivity contribution in [3.63, 3.8) is 0 Å². The van der Waals surface area contributed by atoms with Crippen molar-refractivity contribution in [1.82, 2.24) is 14.9 Å². The second kappa shape index (κ2) is 10.4. The van der Waals surface area contributed by atoms with Gasteiger partial charge in [0.2, 0.25) is 0 Å². The number of carbonyl (C=O) groups excluding carboxylic acids is 1. The molecule has 1 fully saturated rings. The van der Waals surface area contributed by atoms with Gasteiger partial charge < -0.3 is 20.1 Å². The third-order valence-corrected chi connectivity index (χ3v) is 6.25. The highest BCUT2D eigenvalue weighted by Crippen LogP contribution is 2.36. The molecular formula is C24H25BrFN5O3. The first kappa shape index (κ1) is 23.9. The predicted octanol–water partition coefficient (Wildman–Crippen LogP) is 5.04. The molecule has 1 aliphatic heterocycles. The number of anilines is 3. The highest BCUT2D eigenvalue weighted by atomic mass is 79.9. The molecule has 1 saturated heterocycles. The molecule has 0 saturated carbocycles. The van der Waals surface area contributed by atoms with Gasteiger partial charge in [0.25, 0.3) is 5.91 Å². The molecular weight excluding hydrogens is 505 g/mol. The SMILES string of the molecule is COc1cc2ncnc(Nc3cc(Br)ccc3OC)c2cc1NC(=O)/C(F)=C\[C@H]1CCCN1C. The lowest BCUT2D eigenvalue weighted by molar-refractivity contribution is -0.114. The minimum absolute atomic E-state index is 0.0892. The van der Waals surface area contributed by atoms with Gasteiger partial charge in [-0.25, -0.2) is 14.4 Å². The standard InChI is InChI=1S/C24H25BrFN5O3/c1-31-8-4-5-15(31)10-17(26)24(32)30-20-11-16-18(12-22(20)34-3)27-13-28-23(16)29-19-9-14(25)6-7-21(19)33-2/h6-7,9-13,15H,4-5,8H2,1-3H3,(H,30,32)(H,27,28,29)/b17-10+/t15-/m1/s1. The lowest BCUT2D eigenvalue weighted by Crippen LogP contribution is -2.24. The van der Waals surface area contributed by atoms with E-state index in [4.69, 9.17) is 9.47 Å². The molecule has 1 aliphatic rings. The number of aromatic nitrogens is 2. The molecule has 1 aromatic heterocycles. The van der Waals surface area contributed by atoms with Crippen LogP contribution in [0.15, 0.2) is 53.0 Å². The minimum atomic E-state index is -0.835. The molecule has 34 heavy (non-hydrogen) atoms. The quantitative estimate of drug-likeness (QED) is 0.414. The van der Waals surface area contributed by atoms with Gasteiger partial charge in [0, 0.05) is 22.0 Å². The molecule has 3 aromatic rings. The van der Waals surface area contributed by atoms with Crippen LogP contribution in [-0.4, -0.2) is 54.6 Å². The highest BCUT2D eigenvalue weighted by Gasteiger charge is 2.22. The van der Waals surface area contributed by atoms with E-state index in [0.717, 1.165) is 23.9 Å². The van der Waals surface area contributed by atoms with Crippen molar-refractivity contribution >= 4 is 49.9 Å². The Morgan fingerprint density at radius 3 is 2.68 bits per heavy atom. The van der Waals surface area contributed by atoms with Crippen LogP contribution in [0.2, 0.25) is 0 Å². The van der Waals surface area contributed by atoms with Crippen molar-refractivity contribution < 1.29 is 18.7 Å². The summed E-state index contributed by atoms with van der Waals surface area (Å²) in [5, 5.41) is 6.49. The summed E-state index contributed by atoms with van der Waals surface area (Å²) >= 11 is 3.46. The van der Waals surface area contributed by atoms with E-state index in [1.807, 2.05) is 30.1 Å². The molecule has 4 rings (SSSR count). The molecule has 8 nitrogen and oxygen atoms in total. The van der Waals surface area contributed by atoms with Gasteiger partial charge in [-0.3, -0.25) is 9.69 Å². The van der Waals surface area contributed by atoms with E-state index in [1.54, 1.807) is 19.2 Å². The number of amides is 1. The average Bonchev–Trinajstić information content (AvgIpc) is 3.23. The molecule has 0 spiro atoms. The smallest absolute Gasteiger partial charge is 0.284 e. The Morgan fingerprint density at radius 2 is 1.97 bits per heavy atom. The van der Waals surface area contributed by atoms with Crippen LogP contribution in [0.5, 0.6) is 11.5 Å². The number of carbonyl (C=O) groups is 1. The molecule has 2 heterocycles. The first-order valence-electron chi connectivity index (χ1n) is 10.7. The van der Waals surface area contributed by atoms with Crippen LogP contribution in [0.25, 0.3) is 10.9 Å². The molecule has 2 aromatic carbocycles. The summed E-state index contributed by atoms with van der Waals surface area (Å²) in [6.07, 6.45) is 4.59. The molecule has 2 N–H and O–H groups in total. The molecule has 178 valence electrons. The van der Waals surface area contributed by atoms with Crippen molar-refractivity contribution in [1.29, 1.82) is 0 Å². The molecule has 0 radical (unpaired) electrons. The van der Waals surface area contributed by atoms with Gasteiger partial charge in [-0.15, -0.1) is 0 Å². The second-order valence-corrected chi connectivity index (χ2v) is 8.84. The Labute approximate surface area is 205 Å². The van der Waals surface area contributed by atoms with Crippen LogP contribution < -0.4 is 20.1 Å². The van der Waals surface area contributed by atoms with Gasteiger partial charge in [-0.05, 0) is 56.8 Å². The zero-order valence-electron chi connectivity index (χ0n) is 19.1. The van der Waals surface area contributed by atoms with E-state index in [9.17, 15) is 9.18 Å². The van der Waals surface area contributed by atoms with Crippen LogP contribution in [0, 0.1) is 0 Å². The van der Waals surface area contributed by atoms with E-state index < -0.39 is 11.7 Å². The predicted molar refractivity (Wildman–Crippen MR) is 134 cm³/mol. The molecule has 10 heteroatoms. The Kier molecular flexibility index (Phi) is 7.28. The van der Waals surface area contributed by atoms with E-state index in [2.05, 4.69) is 36.5 Å². The fourth-order valence-electron chi connectivity index (χ4n) is 3.93. The molecule has 1 amide bonds. The van der Waals surface area contributed by atoms with Crippen LogP contribution in [0.1, 0.15) is 12.8 Å². The first-order chi connectivity index (χ1) is 16.4. The van der Waals surface area contributed by atoms with Crippen molar-refractivity contribution in [2.45, 2.75) is 18.9 Å². The van der Waals surface area contributed by atoms with Crippen LogP contribution >= 0.6 is 15.9 Å². The number of rotatable bonds is 7. The topological polar surface area (TPSA) is 88.6 Å². The van der Waals surface area contributed by atoms with Crippen molar-refractivity contribution in [3.05, 3.63) is 53.0 Å². The average molecular weight is 530 g/mol. The fourth-order valence-corrected chi connectivity index (χ4v) is 4.29. The summed E-state index contributed by atoms with van der Waals surface area (Å²) in [5.41, 5.74) is 1.58. The van der Waals surface area contributed by atoms with E-state index in [1.165, 1.54) is 19.5 Å². The largest absolute Gasteiger partial charge is 0.495 e. The zero-order chi connectivity index (χ0) is 24.2. The number of nitrogens with one attached hydrogen (secondary N) is 2. The summed E-state index contributed by atoms with van der Waals surface area (Å²) in [6, 6.07) is 8.79. The van der Waals surface area contributed by atoms with Crippen LogP contribution in [-0.2, 0) is 4.79 Å². The number of nitrogens with zero attached hydrogens (tertiary/aromatic N) is 3. The summed E-state index contributed by atoms with van der Waals surface area (Å²) in [4.78, 5) is 23.3. The maximum Gasteiger partial charge on any atom is 0.284 e. The van der Waals surface area contributed by atoms with Gasteiger partial charge in [0.05, 0.1) is 31.1 Å². The Morgan fingerprint density at radius 1 is 1.18 bits per heavy atom. The second-order valence-electron chi connectivity index (χ2n) is 7.92. The van der Waals surface area contributed by atoms with Gasteiger partial charge in [0.1, 0.15) is 23.6 Å². The number of benzene rings is 2. The number of ether oxygens (including phenoxy) is 2. The monoisotopic (exact) mass is 529 g/mol. The highest BCUT2D eigenvalue weighted by molar-refractivity contribution is 9.10. The minimum Gasteiger partial charge on any atom is -0.495 e. The van der Waals surface area contributed by atoms with E-state index in [-0.39, 0.29) is 6.04 Å². The van der Waals surface area contributed by atoms with Gasteiger partial charge in [0.15, 0.2) is 5.83 Å². The Hall–Kier alpha value is -3.24. The maximum atomic E-state index is 14.7. The number of halogens is 2. The number of likely N-dealkylation sites (N-methyl/N-ethyl adjacent to an activating group) is 1. The lowest BCUT2D eigenvalue weighted by Gasteiger charge is -2.16. The van der Waals surface area contributed by atoms with Crippen molar-refractivity contribution in [3.8, 4) is 11.5 Å². The molecule has 0 aliphatic carbocycles. The molecule has 0 unspecified atom stereocenters. The fraction of sp³-hybridized carbons (Fsp3) is 0.292. The van der Waals surface area contributed by atoms with Crippen LogP contribution in [0.4, 0.5) is 21.6 Å². The zero-order valence-corrected chi connectivity index (χ0v) is 20.6. The summed E-state index contributed by atoms with van der Waals surface area (Å²) < 4.78 is 26.4. The molecule has 0 bridgehead atoms. The first-order valence-corrected chi connectivity index (χ1v) is 11.5. The number of methoxy groups -OCH3 is 2. The van der Waals surface area contributed by atoms with Crippen LogP contribution in [0.3, 0.4) is 0 Å². The number of hydrogen-bond acceptors (Lipinski definition) is 7. The Balaban J connectivity index is 1.67. The molecule has 1 atom stereocenters. The van der Waals surface area contributed by atoms with Gasteiger partial charge in [-0.2, -0.15) is 0 Å². The number of fused-ring (bicyclic) bond motifs is 1. The van der Waals surface area contributed by atoms with E-state index >= 15 is 0 Å². The normalized spacial score (nSPS) is 16.5. The summed E-state index contributed by atoms with van der Waals surface area (Å²) in [6.45, 7) is 0.882. The van der Waals surface area contributed by atoms with Gasteiger partial charge in [-0.1, -0.05) is 15.9 Å². The van der Waals surface area contributed by atoms with Crippen molar-refractivity contribution in [2.75, 3.05) is 38.4 Å². The van der Waals surface area contributed by atoms with Crippen molar-refractivity contribution in [2.24, 2.45) is 0 Å². The summed E-state index contributed by atoms with van der Waals surface area (Å²) in [5.74, 6) is -0.194.